The lowest BCUT2D eigenvalue weighted by Gasteiger charge is -2.19. The molecule has 0 aromatic rings. The summed E-state index contributed by atoms with van der Waals surface area (Å²) in [4.78, 5) is 34.8. The van der Waals surface area contributed by atoms with Crippen molar-refractivity contribution in [2.45, 2.75) is 174 Å². The van der Waals surface area contributed by atoms with Crippen molar-refractivity contribution in [2.75, 3.05) is 26.4 Å². The number of phosphoric ester groups is 1. The first kappa shape index (κ1) is 49.0. The summed E-state index contributed by atoms with van der Waals surface area (Å²) >= 11 is 0. The molecule has 0 aromatic heterocycles. The second-order valence-electron chi connectivity index (χ2n) is 13.1. The number of ether oxygens (including phenoxy) is 2. The topological polar surface area (TPSA) is 134 Å². The van der Waals surface area contributed by atoms with Gasteiger partial charge >= 0.3 is 19.8 Å². The molecule has 0 radical (unpaired) electrons. The fraction of sp³-hybridized carbons (Fsp3) is 0.756. The Morgan fingerprint density at radius 3 is 1.49 bits per heavy atom. The highest BCUT2D eigenvalue weighted by Crippen LogP contribution is 2.43. The highest BCUT2D eigenvalue weighted by molar-refractivity contribution is 7.47. The number of phosphoric acid groups is 1. The lowest BCUT2D eigenvalue weighted by Crippen LogP contribution is -2.29. The minimum absolute atomic E-state index is 0.0473. The molecule has 0 saturated heterocycles. The highest BCUT2D eigenvalue weighted by Gasteiger charge is 2.25. The summed E-state index contributed by atoms with van der Waals surface area (Å²) in [5, 5.41) is 0. The summed E-state index contributed by atoms with van der Waals surface area (Å²) < 4.78 is 32.7. The van der Waals surface area contributed by atoms with Crippen LogP contribution in [0, 0.1) is 0 Å². The van der Waals surface area contributed by atoms with Crippen LogP contribution in [0.2, 0.25) is 0 Å². The maximum absolute atomic E-state index is 12.5. The van der Waals surface area contributed by atoms with Crippen LogP contribution in [0.1, 0.15) is 168 Å². The minimum Gasteiger partial charge on any atom is -0.462 e. The van der Waals surface area contributed by atoms with Crippen LogP contribution in [0.4, 0.5) is 0 Å². The first-order valence-corrected chi connectivity index (χ1v) is 21.6. The molecule has 0 aliphatic rings. The third-order valence-electron chi connectivity index (χ3n) is 8.19. The zero-order valence-electron chi connectivity index (χ0n) is 32.3. The number of rotatable bonds is 37. The molecule has 0 bridgehead atoms. The van der Waals surface area contributed by atoms with Gasteiger partial charge in [0.25, 0.3) is 0 Å². The molecule has 0 amide bonds. The summed E-state index contributed by atoms with van der Waals surface area (Å²) in [6.07, 6.45) is 41.3. The second-order valence-corrected chi connectivity index (χ2v) is 14.6. The molecule has 2 unspecified atom stereocenters. The van der Waals surface area contributed by atoms with Crippen molar-refractivity contribution in [3.05, 3.63) is 48.6 Å². The molecule has 0 heterocycles. The Morgan fingerprint density at radius 1 is 0.588 bits per heavy atom. The van der Waals surface area contributed by atoms with Crippen LogP contribution < -0.4 is 5.73 Å². The number of nitrogens with two attached hydrogens (primary N) is 1. The van der Waals surface area contributed by atoms with Crippen LogP contribution in [-0.2, 0) is 32.7 Å². The van der Waals surface area contributed by atoms with Crippen molar-refractivity contribution in [1.82, 2.24) is 0 Å². The lowest BCUT2D eigenvalue weighted by atomic mass is 10.1. The van der Waals surface area contributed by atoms with E-state index in [1.165, 1.54) is 51.4 Å². The molecule has 0 spiro atoms. The van der Waals surface area contributed by atoms with Gasteiger partial charge in [0, 0.05) is 19.4 Å². The van der Waals surface area contributed by atoms with E-state index >= 15 is 0 Å². The standard InChI is InChI=1S/C41H74NO8P/c1-3-5-7-9-11-13-15-17-19-21-23-25-27-29-31-33-40(43)47-37-39(38-49-51(45,46)48-36-35-42)50-41(44)34-32-30-28-26-24-22-20-18-16-14-12-10-8-6-4-2/h11-14,17-20,39H,3-10,15-16,21-38,42H2,1-2H3,(H,45,46)/b13-11-,14-12-,19-17-,20-18-. The number of hydrogen-bond acceptors (Lipinski definition) is 8. The van der Waals surface area contributed by atoms with Gasteiger partial charge in [-0.05, 0) is 77.0 Å². The summed E-state index contributed by atoms with van der Waals surface area (Å²) in [5.74, 6) is -0.864. The molecular weight excluding hydrogens is 665 g/mol. The fourth-order valence-corrected chi connectivity index (χ4v) is 5.93. The third kappa shape index (κ3) is 37.5. The third-order valence-corrected chi connectivity index (χ3v) is 9.17. The molecule has 0 saturated carbocycles. The smallest absolute Gasteiger partial charge is 0.462 e. The van der Waals surface area contributed by atoms with Crippen molar-refractivity contribution < 1.29 is 37.6 Å². The van der Waals surface area contributed by atoms with Gasteiger partial charge in [0.2, 0.25) is 0 Å². The molecule has 296 valence electrons. The van der Waals surface area contributed by atoms with Gasteiger partial charge in [-0.2, -0.15) is 0 Å². The molecule has 3 N–H and O–H groups in total. The monoisotopic (exact) mass is 740 g/mol. The zero-order valence-corrected chi connectivity index (χ0v) is 33.2. The molecule has 9 nitrogen and oxygen atoms in total. The maximum atomic E-state index is 12.5. The summed E-state index contributed by atoms with van der Waals surface area (Å²) in [7, 11) is -4.38. The van der Waals surface area contributed by atoms with Crippen LogP contribution in [-0.4, -0.2) is 49.3 Å². The van der Waals surface area contributed by atoms with Crippen LogP contribution in [0.15, 0.2) is 48.6 Å². The predicted molar refractivity (Wildman–Crippen MR) is 210 cm³/mol. The van der Waals surface area contributed by atoms with Crippen molar-refractivity contribution in [2.24, 2.45) is 5.73 Å². The largest absolute Gasteiger partial charge is 0.472 e. The molecule has 51 heavy (non-hydrogen) atoms. The van der Waals surface area contributed by atoms with E-state index in [4.69, 9.17) is 24.3 Å². The Labute approximate surface area is 311 Å². The quantitative estimate of drug-likeness (QED) is 0.0276. The summed E-state index contributed by atoms with van der Waals surface area (Å²) in [5.41, 5.74) is 5.33. The number of hydrogen-bond donors (Lipinski definition) is 2. The SMILES string of the molecule is CCCCC/C=C\C/C=C\CCCCCCCC(=O)OCC(COP(=O)(O)OCCN)OC(=O)CCCCCCC/C=C\C/C=C\CCCCC. The van der Waals surface area contributed by atoms with E-state index in [0.717, 1.165) is 77.0 Å². The zero-order chi connectivity index (χ0) is 37.5. The van der Waals surface area contributed by atoms with Gasteiger partial charge < -0.3 is 20.1 Å². The maximum Gasteiger partial charge on any atom is 0.472 e. The van der Waals surface area contributed by atoms with E-state index in [9.17, 15) is 19.0 Å². The summed E-state index contributed by atoms with van der Waals surface area (Å²) in [6.45, 7) is 3.63. The molecule has 0 fully saturated rings. The number of esters is 2. The number of carbonyl (C=O) groups is 2. The Kier molecular flexibility index (Phi) is 36.2. The summed E-state index contributed by atoms with van der Waals surface area (Å²) in [6, 6.07) is 0. The van der Waals surface area contributed by atoms with Gasteiger partial charge in [-0.25, -0.2) is 4.57 Å². The first-order chi connectivity index (χ1) is 24.8. The van der Waals surface area contributed by atoms with Crippen LogP contribution in [0.3, 0.4) is 0 Å². The average molecular weight is 740 g/mol. The Bertz CT molecular complexity index is 981. The van der Waals surface area contributed by atoms with Crippen molar-refractivity contribution in [1.29, 1.82) is 0 Å². The molecule has 0 rings (SSSR count). The first-order valence-electron chi connectivity index (χ1n) is 20.1. The molecule has 0 aliphatic heterocycles. The van der Waals surface area contributed by atoms with Gasteiger partial charge in [-0.3, -0.25) is 18.6 Å². The molecule has 2 atom stereocenters. The molecule has 0 aromatic carbocycles. The van der Waals surface area contributed by atoms with Crippen molar-refractivity contribution in [3.63, 3.8) is 0 Å². The van der Waals surface area contributed by atoms with Crippen LogP contribution >= 0.6 is 7.82 Å². The average Bonchev–Trinajstić information content (AvgIpc) is 3.11. The van der Waals surface area contributed by atoms with Gasteiger partial charge in [-0.1, -0.05) is 127 Å². The molecular formula is C41H74NO8P. The number of carbonyl (C=O) groups excluding carboxylic acids is 2. The van der Waals surface area contributed by atoms with Gasteiger partial charge in [0.15, 0.2) is 6.10 Å². The van der Waals surface area contributed by atoms with E-state index in [1.54, 1.807) is 0 Å². The van der Waals surface area contributed by atoms with Crippen LogP contribution in [0.25, 0.3) is 0 Å². The second kappa shape index (κ2) is 37.7. The van der Waals surface area contributed by atoms with E-state index in [0.29, 0.717) is 12.8 Å². The van der Waals surface area contributed by atoms with E-state index < -0.39 is 32.5 Å². The Hall–Kier alpha value is -2.03. The highest BCUT2D eigenvalue weighted by atomic mass is 31.2. The molecule has 10 heteroatoms. The van der Waals surface area contributed by atoms with E-state index in [2.05, 4.69) is 62.5 Å². The van der Waals surface area contributed by atoms with Crippen LogP contribution in [0.5, 0.6) is 0 Å². The fourth-order valence-electron chi connectivity index (χ4n) is 5.16. The Morgan fingerprint density at radius 2 is 1.02 bits per heavy atom. The lowest BCUT2D eigenvalue weighted by molar-refractivity contribution is -0.161. The van der Waals surface area contributed by atoms with Gasteiger partial charge in [0.05, 0.1) is 13.2 Å². The van der Waals surface area contributed by atoms with E-state index in [1.807, 2.05) is 0 Å². The van der Waals surface area contributed by atoms with Crippen molar-refractivity contribution in [3.8, 4) is 0 Å². The Balaban J connectivity index is 4.26. The number of unbranched alkanes of at least 4 members (excludes halogenated alkanes) is 16. The predicted octanol–water partition coefficient (Wildman–Crippen LogP) is 11.2. The minimum atomic E-state index is -4.38. The normalized spacial score (nSPS) is 13.9. The van der Waals surface area contributed by atoms with E-state index in [-0.39, 0.29) is 32.6 Å². The molecule has 0 aliphatic carbocycles. The number of allylic oxidation sites excluding steroid dienone is 8. The van der Waals surface area contributed by atoms with Gasteiger partial charge in [-0.15, -0.1) is 0 Å². The van der Waals surface area contributed by atoms with Gasteiger partial charge in [0.1, 0.15) is 6.61 Å². The van der Waals surface area contributed by atoms with Crippen molar-refractivity contribution >= 4 is 19.8 Å².